The van der Waals surface area contributed by atoms with Crippen LogP contribution < -0.4 is 11.1 Å². The average molecular weight is 299 g/mol. The van der Waals surface area contributed by atoms with Gasteiger partial charge in [-0.1, -0.05) is 11.6 Å². The van der Waals surface area contributed by atoms with E-state index >= 15 is 0 Å². The Hall–Kier alpha value is -1.79. The van der Waals surface area contributed by atoms with Crippen LogP contribution in [0.25, 0.3) is 0 Å². The number of carboxylic acids is 1. The van der Waals surface area contributed by atoms with Crippen LogP contribution in [0, 0.1) is 0 Å². The Kier molecular flexibility index (Phi) is 4.15. The van der Waals surface area contributed by atoms with Gasteiger partial charge in [0.25, 0.3) is 5.91 Å². The number of nitrogens with one attached hydrogen (secondary N) is 1. The first-order valence-corrected chi connectivity index (χ1v) is 6.51. The van der Waals surface area contributed by atoms with Gasteiger partial charge in [0.15, 0.2) is 0 Å². The highest BCUT2D eigenvalue weighted by Gasteiger charge is 2.41. The molecule has 0 aromatic heterocycles. The van der Waals surface area contributed by atoms with Crippen LogP contribution in [0.4, 0.5) is 5.69 Å². The lowest BCUT2D eigenvalue weighted by atomic mass is 9.89. The maximum atomic E-state index is 12.2. The maximum absolute atomic E-state index is 12.2. The molecule has 6 nitrogen and oxygen atoms in total. The third-order valence-corrected chi connectivity index (χ3v) is 3.70. The number of nitrogens with two attached hydrogens (primary N) is 1. The summed E-state index contributed by atoms with van der Waals surface area (Å²) in [6.07, 6.45) is 0.466. The lowest BCUT2D eigenvalue weighted by Gasteiger charge is -2.33. The minimum Gasteiger partial charge on any atom is -0.480 e. The molecular formula is C13H15ClN2O4. The van der Waals surface area contributed by atoms with E-state index in [1.54, 1.807) is 0 Å². The first kappa shape index (κ1) is 14.6. The molecule has 1 heterocycles. The Morgan fingerprint density at radius 3 is 2.55 bits per heavy atom. The molecule has 0 bridgehead atoms. The zero-order valence-corrected chi connectivity index (χ0v) is 11.4. The summed E-state index contributed by atoms with van der Waals surface area (Å²) in [4.78, 5) is 23.6. The van der Waals surface area contributed by atoms with Crippen LogP contribution in [-0.4, -0.2) is 35.7 Å². The van der Waals surface area contributed by atoms with Crippen molar-refractivity contribution in [1.29, 1.82) is 0 Å². The minimum absolute atomic E-state index is 0.233. The fraction of sp³-hybridized carbons (Fsp3) is 0.385. The summed E-state index contributed by atoms with van der Waals surface area (Å²) in [6.45, 7) is 0.601. The van der Waals surface area contributed by atoms with Crippen LogP contribution in [0.15, 0.2) is 18.2 Å². The Bertz CT molecular complexity index is 541. The van der Waals surface area contributed by atoms with Gasteiger partial charge in [0, 0.05) is 31.6 Å². The number of carbonyl (C=O) groups is 2. The zero-order valence-electron chi connectivity index (χ0n) is 10.7. The highest BCUT2D eigenvalue weighted by Crippen LogP contribution is 2.23. The third kappa shape index (κ3) is 2.86. The van der Waals surface area contributed by atoms with E-state index in [4.69, 9.17) is 22.1 Å². The predicted octanol–water partition coefficient (Wildman–Crippen LogP) is 1.29. The van der Waals surface area contributed by atoms with E-state index in [-0.39, 0.29) is 23.4 Å². The standard InChI is InChI=1S/C13H15ClN2O4/c14-9-7-8(1-2-10(9)15)11(17)16-13(12(18)19)3-5-20-6-4-13/h1-2,7H,3-6,15H2,(H,16,17)(H,18,19). The molecular weight excluding hydrogens is 284 g/mol. The molecule has 1 amide bonds. The fourth-order valence-electron chi connectivity index (χ4n) is 2.07. The van der Waals surface area contributed by atoms with Crippen LogP contribution in [0.1, 0.15) is 23.2 Å². The molecule has 1 fully saturated rings. The quantitative estimate of drug-likeness (QED) is 0.730. The Morgan fingerprint density at radius 1 is 1.35 bits per heavy atom. The average Bonchev–Trinajstić information content (AvgIpc) is 2.42. The van der Waals surface area contributed by atoms with Crippen molar-refractivity contribution >= 4 is 29.2 Å². The van der Waals surface area contributed by atoms with E-state index < -0.39 is 17.4 Å². The second-order valence-electron chi connectivity index (χ2n) is 4.69. The summed E-state index contributed by atoms with van der Waals surface area (Å²) in [5, 5.41) is 12.2. The third-order valence-electron chi connectivity index (χ3n) is 3.37. The molecule has 1 aromatic carbocycles. The van der Waals surface area contributed by atoms with Gasteiger partial charge < -0.3 is 20.9 Å². The van der Waals surface area contributed by atoms with Crippen molar-refractivity contribution in [3.05, 3.63) is 28.8 Å². The molecule has 1 aromatic rings. The number of nitrogen functional groups attached to an aromatic ring is 1. The van der Waals surface area contributed by atoms with Gasteiger partial charge in [-0.3, -0.25) is 4.79 Å². The fourth-order valence-corrected chi connectivity index (χ4v) is 2.25. The molecule has 0 atom stereocenters. The lowest BCUT2D eigenvalue weighted by Crippen LogP contribution is -2.57. The molecule has 2 rings (SSSR count). The number of halogens is 1. The molecule has 0 aliphatic carbocycles. The van der Waals surface area contributed by atoms with Crippen molar-refractivity contribution in [3.8, 4) is 0 Å². The Labute approximate surface area is 120 Å². The SMILES string of the molecule is Nc1ccc(C(=O)NC2(C(=O)O)CCOCC2)cc1Cl. The van der Waals surface area contributed by atoms with Gasteiger partial charge in [-0.05, 0) is 18.2 Å². The Morgan fingerprint density at radius 2 is 2.00 bits per heavy atom. The first-order chi connectivity index (χ1) is 9.44. The van der Waals surface area contributed by atoms with Gasteiger partial charge >= 0.3 is 5.97 Å². The minimum atomic E-state index is -1.29. The van der Waals surface area contributed by atoms with E-state index in [9.17, 15) is 14.7 Å². The molecule has 0 spiro atoms. The van der Waals surface area contributed by atoms with Crippen molar-refractivity contribution < 1.29 is 19.4 Å². The summed E-state index contributed by atoms with van der Waals surface area (Å²) in [5.74, 6) is -1.55. The number of rotatable bonds is 3. The van der Waals surface area contributed by atoms with Gasteiger partial charge in [0.05, 0.1) is 10.7 Å². The summed E-state index contributed by atoms with van der Waals surface area (Å²) in [6, 6.07) is 4.43. The van der Waals surface area contributed by atoms with Crippen molar-refractivity contribution in [2.24, 2.45) is 0 Å². The molecule has 0 unspecified atom stereocenters. The molecule has 1 aliphatic heterocycles. The van der Waals surface area contributed by atoms with E-state index in [1.165, 1.54) is 18.2 Å². The number of carboxylic acid groups (broad SMARTS) is 1. The molecule has 7 heteroatoms. The first-order valence-electron chi connectivity index (χ1n) is 6.13. The lowest BCUT2D eigenvalue weighted by molar-refractivity contribution is -0.148. The van der Waals surface area contributed by atoms with Crippen molar-refractivity contribution in [1.82, 2.24) is 5.32 Å². The van der Waals surface area contributed by atoms with Crippen LogP contribution >= 0.6 is 11.6 Å². The molecule has 1 aliphatic rings. The highest BCUT2D eigenvalue weighted by atomic mass is 35.5. The number of benzene rings is 1. The molecule has 108 valence electrons. The number of hydrogen-bond donors (Lipinski definition) is 3. The maximum Gasteiger partial charge on any atom is 0.329 e. The van der Waals surface area contributed by atoms with Crippen molar-refractivity contribution in [3.63, 3.8) is 0 Å². The highest BCUT2D eigenvalue weighted by molar-refractivity contribution is 6.33. The molecule has 1 saturated heterocycles. The summed E-state index contributed by atoms with van der Waals surface area (Å²) >= 11 is 5.86. The number of ether oxygens (including phenoxy) is 1. The van der Waals surface area contributed by atoms with Gasteiger partial charge in [-0.2, -0.15) is 0 Å². The topological polar surface area (TPSA) is 102 Å². The van der Waals surface area contributed by atoms with Crippen molar-refractivity contribution in [2.45, 2.75) is 18.4 Å². The number of amides is 1. The van der Waals surface area contributed by atoms with E-state index in [0.717, 1.165) is 0 Å². The number of aliphatic carboxylic acids is 1. The van der Waals surface area contributed by atoms with Crippen LogP contribution in [0.2, 0.25) is 5.02 Å². The van der Waals surface area contributed by atoms with E-state index in [2.05, 4.69) is 5.32 Å². The molecule has 0 saturated carbocycles. The largest absolute Gasteiger partial charge is 0.480 e. The van der Waals surface area contributed by atoms with Crippen LogP contribution in [0.5, 0.6) is 0 Å². The normalized spacial score (nSPS) is 17.4. The Balaban J connectivity index is 2.20. The van der Waals surface area contributed by atoms with Gasteiger partial charge in [0.2, 0.25) is 0 Å². The number of anilines is 1. The number of carbonyl (C=O) groups excluding carboxylic acids is 1. The van der Waals surface area contributed by atoms with Crippen LogP contribution in [-0.2, 0) is 9.53 Å². The van der Waals surface area contributed by atoms with Gasteiger partial charge in [-0.25, -0.2) is 4.79 Å². The smallest absolute Gasteiger partial charge is 0.329 e. The van der Waals surface area contributed by atoms with Crippen LogP contribution in [0.3, 0.4) is 0 Å². The zero-order chi connectivity index (χ0) is 14.8. The number of hydrogen-bond acceptors (Lipinski definition) is 4. The second-order valence-corrected chi connectivity index (χ2v) is 5.10. The molecule has 0 radical (unpaired) electrons. The summed E-state index contributed by atoms with van der Waals surface area (Å²) in [7, 11) is 0. The summed E-state index contributed by atoms with van der Waals surface area (Å²) in [5.41, 5.74) is 4.92. The predicted molar refractivity (Wildman–Crippen MR) is 73.8 cm³/mol. The van der Waals surface area contributed by atoms with E-state index in [0.29, 0.717) is 18.9 Å². The summed E-state index contributed by atoms with van der Waals surface area (Å²) < 4.78 is 5.14. The molecule has 4 N–H and O–H groups in total. The second kappa shape index (κ2) is 5.68. The van der Waals surface area contributed by atoms with Gasteiger partial charge in [-0.15, -0.1) is 0 Å². The van der Waals surface area contributed by atoms with Gasteiger partial charge in [0.1, 0.15) is 5.54 Å². The van der Waals surface area contributed by atoms with Crippen molar-refractivity contribution in [2.75, 3.05) is 18.9 Å². The van der Waals surface area contributed by atoms with E-state index in [1.807, 2.05) is 0 Å². The monoisotopic (exact) mass is 298 g/mol. The molecule has 20 heavy (non-hydrogen) atoms.